The topological polar surface area (TPSA) is 62.5 Å². The van der Waals surface area contributed by atoms with Crippen LogP contribution in [0, 0.1) is 29.1 Å². The maximum absolute atomic E-state index is 9.44. The molecule has 0 spiro atoms. The Hall–Kier alpha value is -5.40. The van der Waals surface area contributed by atoms with Crippen molar-refractivity contribution in [3.05, 3.63) is 139 Å². The van der Waals surface area contributed by atoms with Crippen LogP contribution in [0.4, 0.5) is 0 Å². The Labute approximate surface area is 282 Å². The molecule has 1 heterocycles. The van der Waals surface area contributed by atoms with Gasteiger partial charge in [-0.05, 0) is 120 Å². The zero-order chi connectivity index (χ0) is 32.1. The van der Waals surface area contributed by atoms with Gasteiger partial charge < -0.3 is 0 Å². The molecule has 6 aromatic rings. The molecule has 4 aliphatic rings. The van der Waals surface area contributed by atoms with Crippen LogP contribution < -0.4 is 0 Å². The molecule has 0 radical (unpaired) electrons. The summed E-state index contributed by atoms with van der Waals surface area (Å²) in [6, 6.07) is 46.4. The maximum atomic E-state index is 9.44. The van der Waals surface area contributed by atoms with Crippen LogP contribution in [0.15, 0.2) is 127 Å². The van der Waals surface area contributed by atoms with E-state index in [9.17, 15) is 5.26 Å². The predicted octanol–water partition coefficient (Wildman–Crippen LogP) is 10.5. The van der Waals surface area contributed by atoms with Crippen molar-refractivity contribution in [1.29, 1.82) is 5.26 Å². The van der Waals surface area contributed by atoms with Crippen LogP contribution in [0.25, 0.3) is 56.4 Å². The average molecular weight is 621 g/mol. The van der Waals surface area contributed by atoms with Crippen molar-refractivity contribution in [3.8, 4) is 62.5 Å². The second kappa shape index (κ2) is 11.7. The second-order valence-corrected chi connectivity index (χ2v) is 14.3. The Balaban J connectivity index is 1.17. The van der Waals surface area contributed by atoms with Gasteiger partial charge in [-0.15, -0.1) is 0 Å². The number of rotatable bonds is 6. The molecule has 0 atom stereocenters. The lowest BCUT2D eigenvalue weighted by atomic mass is 9.48. The molecule has 4 fully saturated rings. The van der Waals surface area contributed by atoms with Gasteiger partial charge in [-0.3, -0.25) is 0 Å². The highest BCUT2D eigenvalue weighted by Crippen LogP contribution is 2.60. The van der Waals surface area contributed by atoms with Crippen molar-refractivity contribution in [2.45, 2.75) is 43.9 Å². The van der Waals surface area contributed by atoms with Crippen LogP contribution in [-0.2, 0) is 5.41 Å². The Bertz CT molecular complexity index is 2050. The number of hydrogen-bond donors (Lipinski definition) is 0. The fourth-order valence-electron chi connectivity index (χ4n) is 9.25. The van der Waals surface area contributed by atoms with E-state index in [4.69, 9.17) is 15.0 Å². The van der Waals surface area contributed by atoms with E-state index in [2.05, 4.69) is 48.5 Å². The molecule has 0 N–H and O–H groups in total. The third-order valence-electron chi connectivity index (χ3n) is 11.1. The van der Waals surface area contributed by atoms with Gasteiger partial charge in [-0.1, -0.05) is 97.1 Å². The summed E-state index contributed by atoms with van der Waals surface area (Å²) in [6.07, 6.45) is 8.46. The number of hydrogen-bond acceptors (Lipinski definition) is 4. The summed E-state index contributed by atoms with van der Waals surface area (Å²) in [5, 5.41) is 9.44. The molecule has 4 heteroatoms. The molecule has 4 saturated carbocycles. The molecule has 232 valence electrons. The van der Waals surface area contributed by atoms with E-state index in [0.717, 1.165) is 51.1 Å². The fourth-order valence-corrected chi connectivity index (χ4v) is 9.25. The van der Waals surface area contributed by atoms with E-state index >= 15 is 0 Å². The van der Waals surface area contributed by atoms with Crippen molar-refractivity contribution in [2.75, 3.05) is 0 Å². The molecule has 5 aromatic carbocycles. The van der Waals surface area contributed by atoms with Crippen LogP contribution in [0.1, 0.15) is 49.7 Å². The number of nitrogens with zero attached hydrogens (tertiary/aromatic N) is 4. The van der Waals surface area contributed by atoms with Crippen molar-refractivity contribution in [1.82, 2.24) is 15.0 Å². The summed E-state index contributed by atoms with van der Waals surface area (Å²) in [6.45, 7) is 0. The van der Waals surface area contributed by atoms with Crippen LogP contribution in [0.5, 0.6) is 0 Å². The first-order valence-electron chi connectivity index (χ1n) is 17.2. The Kier molecular flexibility index (Phi) is 7.01. The first-order valence-corrected chi connectivity index (χ1v) is 17.2. The van der Waals surface area contributed by atoms with E-state index in [-0.39, 0.29) is 0 Å². The van der Waals surface area contributed by atoms with Crippen molar-refractivity contribution < 1.29 is 0 Å². The summed E-state index contributed by atoms with van der Waals surface area (Å²) in [5.41, 5.74) is 9.77. The largest absolute Gasteiger partial charge is 0.208 e. The quantitative estimate of drug-likeness (QED) is 0.186. The van der Waals surface area contributed by atoms with Gasteiger partial charge in [0.05, 0.1) is 11.6 Å². The summed E-state index contributed by atoms with van der Waals surface area (Å²) in [5.74, 6) is 4.68. The smallest absolute Gasteiger partial charge is 0.164 e. The molecule has 4 bridgehead atoms. The highest BCUT2D eigenvalue weighted by Gasteiger charge is 2.51. The Morgan fingerprint density at radius 2 is 0.875 bits per heavy atom. The molecule has 4 aliphatic carbocycles. The monoisotopic (exact) mass is 620 g/mol. The lowest BCUT2D eigenvalue weighted by molar-refractivity contribution is -0.00518. The van der Waals surface area contributed by atoms with E-state index in [1.807, 2.05) is 84.9 Å². The summed E-state index contributed by atoms with van der Waals surface area (Å²) in [7, 11) is 0. The van der Waals surface area contributed by atoms with E-state index in [0.29, 0.717) is 28.5 Å². The molecule has 0 aliphatic heterocycles. The number of nitriles is 1. The van der Waals surface area contributed by atoms with Gasteiger partial charge in [0, 0.05) is 16.7 Å². The minimum Gasteiger partial charge on any atom is -0.208 e. The summed E-state index contributed by atoms with van der Waals surface area (Å²) in [4.78, 5) is 15.0. The van der Waals surface area contributed by atoms with E-state index in [1.54, 1.807) is 0 Å². The average Bonchev–Trinajstić information content (AvgIpc) is 3.15. The summed E-state index contributed by atoms with van der Waals surface area (Å²) < 4.78 is 0. The van der Waals surface area contributed by atoms with Gasteiger partial charge in [0.15, 0.2) is 17.5 Å². The molecular weight excluding hydrogens is 585 g/mol. The highest BCUT2D eigenvalue weighted by atomic mass is 15.0. The van der Waals surface area contributed by atoms with Crippen molar-refractivity contribution in [3.63, 3.8) is 0 Å². The number of aromatic nitrogens is 3. The highest BCUT2D eigenvalue weighted by molar-refractivity contribution is 5.80. The fraction of sp³-hybridized carbons (Fsp3) is 0.227. The van der Waals surface area contributed by atoms with Crippen molar-refractivity contribution >= 4 is 0 Å². The third-order valence-corrected chi connectivity index (χ3v) is 11.1. The molecule has 48 heavy (non-hydrogen) atoms. The SMILES string of the molecule is N#Cc1ccc(-c2cc(-c3ccc(C45C[C@H]6C[C@@H](C4)C[C@@H](C5)C6)cc3)cc(-c3nc(-c4ccccc4)nc(-c4ccccc4)n3)c2)cc1. The normalized spacial score (nSPS) is 22.4. The van der Waals surface area contributed by atoms with E-state index in [1.165, 1.54) is 49.7 Å². The number of benzene rings is 5. The minimum atomic E-state index is 0.370. The Morgan fingerprint density at radius 1 is 0.458 bits per heavy atom. The molecular formula is C44H36N4. The second-order valence-electron chi connectivity index (χ2n) is 14.3. The van der Waals surface area contributed by atoms with E-state index < -0.39 is 0 Å². The lowest BCUT2D eigenvalue weighted by Gasteiger charge is -2.57. The zero-order valence-corrected chi connectivity index (χ0v) is 26.9. The molecule has 4 nitrogen and oxygen atoms in total. The summed E-state index contributed by atoms with van der Waals surface area (Å²) >= 11 is 0. The predicted molar refractivity (Wildman–Crippen MR) is 192 cm³/mol. The van der Waals surface area contributed by atoms with Crippen LogP contribution >= 0.6 is 0 Å². The molecule has 0 amide bonds. The molecule has 1 aromatic heterocycles. The zero-order valence-electron chi connectivity index (χ0n) is 26.9. The van der Waals surface area contributed by atoms with Crippen molar-refractivity contribution in [2.24, 2.45) is 17.8 Å². The first kappa shape index (κ1) is 28.8. The Morgan fingerprint density at radius 3 is 1.33 bits per heavy atom. The standard InChI is InChI=1S/C44H36N4/c45-28-29-11-13-33(14-12-29)37-22-38(34-15-17-40(18-16-34)44-25-30-19-31(26-44)21-32(20-30)27-44)24-39(23-37)43-47-41(35-7-3-1-4-8-35)46-42(48-43)36-9-5-2-6-10-36/h1-18,22-24,30-32H,19-21,25-27H2/t30-,31+,32-,44?. The van der Waals surface area contributed by atoms with Crippen LogP contribution in [-0.4, -0.2) is 15.0 Å². The van der Waals surface area contributed by atoms with Gasteiger partial charge in [-0.25, -0.2) is 15.0 Å². The van der Waals surface area contributed by atoms with Gasteiger partial charge in [0.2, 0.25) is 0 Å². The molecule has 0 unspecified atom stereocenters. The van der Waals surface area contributed by atoms with Gasteiger partial charge in [-0.2, -0.15) is 5.26 Å². The molecule has 10 rings (SSSR count). The van der Waals surface area contributed by atoms with Crippen LogP contribution in [0.3, 0.4) is 0 Å². The van der Waals surface area contributed by atoms with Gasteiger partial charge >= 0.3 is 0 Å². The van der Waals surface area contributed by atoms with Crippen LogP contribution in [0.2, 0.25) is 0 Å². The lowest BCUT2D eigenvalue weighted by Crippen LogP contribution is -2.48. The minimum absolute atomic E-state index is 0.370. The van der Waals surface area contributed by atoms with Gasteiger partial charge in [0.25, 0.3) is 0 Å². The molecule has 0 saturated heterocycles. The maximum Gasteiger partial charge on any atom is 0.164 e. The first-order chi connectivity index (χ1) is 23.6. The third kappa shape index (κ3) is 5.30. The van der Waals surface area contributed by atoms with Gasteiger partial charge in [0.1, 0.15) is 0 Å².